The van der Waals surface area contributed by atoms with E-state index in [1.807, 2.05) is 0 Å². The van der Waals surface area contributed by atoms with Gasteiger partial charge in [-0.15, -0.1) is 0 Å². The predicted octanol–water partition coefficient (Wildman–Crippen LogP) is 8.07. The van der Waals surface area contributed by atoms with Crippen LogP contribution in [0.4, 0.5) is 52.7 Å². The summed E-state index contributed by atoms with van der Waals surface area (Å²) in [5, 5.41) is 18.1. The van der Waals surface area contributed by atoms with Crippen molar-refractivity contribution in [1.29, 1.82) is 0 Å². The molecule has 2 aromatic heterocycles. The van der Waals surface area contributed by atoms with Crippen molar-refractivity contribution in [1.82, 2.24) is 9.97 Å². The van der Waals surface area contributed by atoms with Crippen molar-refractivity contribution >= 4 is 5.97 Å². The van der Waals surface area contributed by atoms with Gasteiger partial charge in [0, 0.05) is 11.1 Å². The second kappa shape index (κ2) is 15.3. The number of nitrogens with zero attached hydrogens (tertiary/aromatic N) is 2. The highest BCUT2D eigenvalue weighted by molar-refractivity contribution is 5.86. The predicted molar refractivity (Wildman–Crippen MR) is 138 cm³/mol. The van der Waals surface area contributed by atoms with Gasteiger partial charge in [0.25, 0.3) is 0 Å². The third-order valence-corrected chi connectivity index (χ3v) is 5.74. The largest absolute Gasteiger partial charge is 0.475 e. The molecule has 9 nitrogen and oxygen atoms in total. The van der Waals surface area contributed by atoms with E-state index in [1.165, 1.54) is 0 Å². The van der Waals surface area contributed by atoms with Gasteiger partial charge in [0.15, 0.2) is 5.76 Å². The van der Waals surface area contributed by atoms with E-state index in [2.05, 4.69) is 19.4 Å². The van der Waals surface area contributed by atoms with Crippen LogP contribution in [0, 0.1) is 0 Å². The number of benzene rings is 2. The van der Waals surface area contributed by atoms with E-state index < -0.39 is 86.3 Å². The summed E-state index contributed by atoms with van der Waals surface area (Å²) in [6.45, 7) is -5.10. The van der Waals surface area contributed by atoms with Crippen LogP contribution in [0.5, 0.6) is 0 Å². The van der Waals surface area contributed by atoms with Crippen molar-refractivity contribution < 1.29 is 86.0 Å². The van der Waals surface area contributed by atoms with E-state index in [0.29, 0.717) is 0 Å². The smallest absolute Gasteiger partial charge is 0.416 e. The van der Waals surface area contributed by atoms with Gasteiger partial charge >= 0.3 is 30.7 Å². The van der Waals surface area contributed by atoms with Crippen LogP contribution in [0.2, 0.25) is 0 Å². The molecule has 0 spiro atoms. The highest BCUT2D eigenvalue weighted by atomic mass is 19.4. The van der Waals surface area contributed by atoms with Crippen LogP contribution in [0.25, 0.3) is 22.9 Å². The van der Waals surface area contributed by atoms with Crippen LogP contribution in [-0.4, -0.2) is 51.7 Å². The van der Waals surface area contributed by atoms with Crippen molar-refractivity contribution in [3.8, 4) is 22.9 Å². The van der Waals surface area contributed by atoms with Crippen LogP contribution in [0.3, 0.4) is 0 Å². The molecule has 0 saturated heterocycles. The highest BCUT2D eigenvalue weighted by Crippen LogP contribution is 2.33. The molecule has 0 aliphatic rings. The van der Waals surface area contributed by atoms with Crippen molar-refractivity contribution in [2.45, 2.75) is 44.5 Å². The number of alkyl halides is 12. The number of aliphatic hydroxyl groups is 1. The lowest BCUT2D eigenvalue weighted by atomic mass is 10.1. The average Bonchev–Trinajstić information content (AvgIpc) is 3.60. The van der Waals surface area contributed by atoms with Crippen molar-refractivity contribution in [3.63, 3.8) is 0 Å². The Morgan fingerprint density at radius 1 is 0.633 bits per heavy atom. The number of carboxylic acid groups (broad SMARTS) is 1. The molecule has 0 saturated carbocycles. The average molecular weight is 724 g/mol. The third-order valence-electron chi connectivity index (χ3n) is 5.74. The number of hydrogen-bond acceptors (Lipinski definition) is 8. The second-order valence-electron chi connectivity index (χ2n) is 9.51. The molecule has 2 heterocycles. The summed E-state index contributed by atoms with van der Waals surface area (Å²) in [5.74, 6) is -2.95. The molecule has 21 heteroatoms. The fourth-order valence-electron chi connectivity index (χ4n) is 3.61. The first-order valence-corrected chi connectivity index (χ1v) is 13.0. The Balaban J connectivity index is 0.000000266. The highest BCUT2D eigenvalue weighted by Gasteiger charge is 2.32. The van der Waals surface area contributed by atoms with E-state index in [0.717, 1.165) is 48.5 Å². The minimum Gasteiger partial charge on any atom is -0.475 e. The minimum atomic E-state index is -4.61. The van der Waals surface area contributed by atoms with Crippen LogP contribution in [-0.2, 0) is 41.6 Å². The Labute approximate surface area is 265 Å². The fraction of sp³-hybridized carbons (Fsp3) is 0.321. The second-order valence-corrected chi connectivity index (χ2v) is 9.51. The maximum atomic E-state index is 12.5. The zero-order valence-corrected chi connectivity index (χ0v) is 24.0. The number of aromatic nitrogens is 2. The normalized spacial score (nSPS) is 12.5. The van der Waals surface area contributed by atoms with Crippen LogP contribution < -0.4 is 0 Å². The Bertz CT molecular complexity index is 1670. The molecule has 0 atom stereocenters. The monoisotopic (exact) mass is 724 g/mol. The number of ether oxygens (including phenoxy) is 2. The van der Waals surface area contributed by atoms with Crippen LogP contribution in [0.15, 0.2) is 57.4 Å². The van der Waals surface area contributed by atoms with E-state index in [1.54, 1.807) is 0 Å². The van der Waals surface area contributed by atoms with Gasteiger partial charge in [-0.2, -0.15) is 52.7 Å². The fourth-order valence-corrected chi connectivity index (χ4v) is 3.61. The molecule has 4 rings (SSSR count). The first-order chi connectivity index (χ1) is 22.6. The Kier molecular flexibility index (Phi) is 12.1. The number of oxazole rings is 2. The van der Waals surface area contributed by atoms with E-state index in [4.69, 9.17) is 19.0 Å². The molecule has 4 aromatic rings. The molecule has 0 fully saturated rings. The maximum absolute atomic E-state index is 12.5. The molecule has 0 bridgehead atoms. The van der Waals surface area contributed by atoms with E-state index in [9.17, 15) is 57.5 Å². The van der Waals surface area contributed by atoms with Crippen LogP contribution in [0.1, 0.15) is 38.8 Å². The first-order valence-electron chi connectivity index (χ1n) is 13.0. The van der Waals surface area contributed by atoms with E-state index >= 15 is 0 Å². The molecule has 49 heavy (non-hydrogen) atoms. The van der Waals surface area contributed by atoms with Gasteiger partial charge in [-0.25, -0.2) is 14.8 Å². The Hall–Kier alpha value is -4.63. The van der Waals surface area contributed by atoms with Crippen molar-refractivity contribution in [2.75, 3.05) is 13.2 Å². The minimum absolute atomic E-state index is 0.0255. The molecule has 0 radical (unpaired) electrons. The lowest BCUT2D eigenvalue weighted by molar-refractivity contribution is -0.177. The summed E-state index contributed by atoms with van der Waals surface area (Å²) in [6.07, 6.45) is -18.2. The van der Waals surface area contributed by atoms with E-state index in [-0.39, 0.29) is 34.4 Å². The lowest BCUT2D eigenvalue weighted by Gasteiger charge is -2.06. The van der Waals surface area contributed by atoms with Gasteiger partial charge in [0.1, 0.15) is 31.2 Å². The van der Waals surface area contributed by atoms with Crippen molar-refractivity contribution in [3.05, 3.63) is 82.6 Å². The Morgan fingerprint density at radius 2 is 1.02 bits per heavy atom. The van der Waals surface area contributed by atoms with Crippen LogP contribution >= 0.6 is 0 Å². The van der Waals surface area contributed by atoms with Gasteiger partial charge in [0.05, 0.1) is 24.3 Å². The molecule has 0 unspecified atom stereocenters. The number of halogens is 12. The summed E-state index contributed by atoms with van der Waals surface area (Å²) in [6, 6.07) is 7.32. The molecule has 268 valence electrons. The standard InChI is InChI=1S/C14H9F6NO4.C14H11F6NO3/c15-13(16,17)6-24-5-9-10(12(22)23)25-11(21-9)7-1-3-8(4-2-7)14(18,19)20;15-13(16,17)7-23-6-10-11(5-22)24-12(21-10)8-1-3-9(4-2-8)14(18,19)20/h1-4H,5-6H2,(H,22,23);1-4,22H,5-7H2. The summed E-state index contributed by atoms with van der Waals surface area (Å²) >= 11 is 0. The molecule has 0 aliphatic carbocycles. The molecular formula is C28H20F12N2O7. The summed E-state index contributed by atoms with van der Waals surface area (Å²) in [4.78, 5) is 18.6. The number of carbonyl (C=O) groups is 1. The number of rotatable bonds is 10. The summed E-state index contributed by atoms with van der Waals surface area (Å²) in [5.41, 5.74) is -2.07. The molecular weight excluding hydrogens is 704 g/mol. The molecule has 2 aromatic carbocycles. The van der Waals surface area contributed by atoms with Gasteiger partial charge in [-0.05, 0) is 48.5 Å². The topological polar surface area (TPSA) is 128 Å². The first kappa shape index (κ1) is 38.8. The number of hydrogen-bond donors (Lipinski definition) is 2. The molecule has 0 aliphatic heterocycles. The van der Waals surface area contributed by atoms with Gasteiger partial charge in [-0.1, -0.05) is 0 Å². The third kappa shape index (κ3) is 11.8. The van der Waals surface area contributed by atoms with Gasteiger partial charge < -0.3 is 28.5 Å². The zero-order chi connectivity index (χ0) is 36.8. The summed E-state index contributed by atoms with van der Waals surface area (Å²) < 4.78 is 166. The van der Waals surface area contributed by atoms with Gasteiger partial charge in [0.2, 0.25) is 17.5 Å². The molecule has 2 N–H and O–H groups in total. The quantitative estimate of drug-likeness (QED) is 0.156. The van der Waals surface area contributed by atoms with Crippen molar-refractivity contribution in [2.24, 2.45) is 0 Å². The Morgan fingerprint density at radius 3 is 1.39 bits per heavy atom. The number of aliphatic hydroxyl groups excluding tert-OH is 1. The zero-order valence-electron chi connectivity index (χ0n) is 24.0. The SMILES string of the molecule is O=C(O)c1oc(-c2ccc(C(F)(F)F)cc2)nc1COCC(F)(F)F.OCc1oc(-c2ccc(C(F)(F)F)cc2)nc1COCC(F)(F)F. The molecule has 0 amide bonds. The lowest BCUT2D eigenvalue weighted by Crippen LogP contribution is -2.17. The number of aromatic carboxylic acids is 1. The maximum Gasteiger partial charge on any atom is 0.416 e. The number of carboxylic acids is 1. The van der Waals surface area contributed by atoms with Gasteiger partial charge in [-0.3, -0.25) is 0 Å². The summed E-state index contributed by atoms with van der Waals surface area (Å²) in [7, 11) is 0.